The number of carbonyl (C=O) groups excluding carboxylic acids is 1. The molecule has 0 radical (unpaired) electrons. The van der Waals surface area contributed by atoms with E-state index in [9.17, 15) is 14.4 Å². The van der Waals surface area contributed by atoms with Crippen molar-refractivity contribution >= 4 is 17.8 Å². The predicted octanol–water partition coefficient (Wildman–Crippen LogP) is 1.22. The van der Waals surface area contributed by atoms with E-state index in [0.29, 0.717) is 0 Å². The molecule has 1 fully saturated rings. The molecule has 0 bridgehead atoms. The quantitative estimate of drug-likeness (QED) is 0.445. The predicted molar refractivity (Wildman–Crippen MR) is 114 cm³/mol. The molecule has 1 aliphatic heterocycles. The number of rotatable bonds is 7. The zero-order chi connectivity index (χ0) is 23.0. The number of nitrogens with two attached hydrogens (primary N) is 1. The number of amides is 1. The summed E-state index contributed by atoms with van der Waals surface area (Å²) in [5.41, 5.74) is 7.16. The number of aliphatic hydroxyl groups is 1. The van der Waals surface area contributed by atoms with E-state index < -0.39 is 29.4 Å². The maximum atomic E-state index is 12.6. The Kier molecular flexibility index (Phi) is 8.30. The zero-order valence-corrected chi connectivity index (χ0v) is 17.3. The van der Waals surface area contributed by atoms with Gasteiger partial charge in [-0.25, -0.2) is 4.79 Å². The largest absolute Gasteiger partial charge is 0.481 e. The van der Waals surface area contributed by atoms with Crippen molar-refractivity contribution in [3.05, 3.63) is 71.8 Å². The lowest BCUT2D eigenvalue weighted by molar-refractivity contribution is -0.158. The monoisotopic (exact) mass is 428 g/mol. The number of carboxylic acids is 2. The van der Waals surface area contributed by atoms with E-state index in [1.807, 2.05) is 60.7 Å². The minimum Gasteiger partial charge on any atom is -0.481 e. The van der Waals surface area contributed by atoms with Crippen molar-refractivity contribution in [3.8, 4) is 0 Å². The van der Waals surface area contributed by atoms with Crippen molar-refractivity contribution in [2.24, 2.45) is 17.6 Å². The van der Waals surface area contributed by atoms with Gasteiger partial charge in [0.05, 0.1) is 5.92 Å². The molecule has 166 valence electrons. The van der Waals surface area contributed by atoms with Crippen LogP contribution in [-0.4, -0.2) is 52.4 Å². The molecule has 1 amide bonds. The lowest BCUT2D eigenvalue weighted by Crippen LogP contribution is -2.49. The van der Waals surface area contributed by atoms with Gasteiger partial charge in [-0.3, -0.25) is 9.59 Å². The van der Waals surface area contributed by atoms with Gasteiger partial charge in [-0.05, 0) is 43.5 Å². The highest BCUT2D eigenvalue weighted by Gasteiger charge is 2.48. The molecule has 2 aromatic carbocycles. The van der Waals surface area contributed by atoms with Crippen LogP contribution in [0.5, 0.6) is 0 Å². The summed E-state index contributed by atoms with van der Waals surface area (Å²) in [7, 11) is 0. The average Bonchev–Trinajstić information content (AvgIpc) is 3.30. The molecule has 0 spiro atoms. The number of hydrogen-bond acceptors (Lipinski definition) is 5. The van der Waals surface area contributed by atoms with E-state index in [-0.39, 0.29) is 11.8 Å². The molecule has 6 N–H and O–H groups in total. The smallest absolute Gasteiger partial charge is 0.333 e. The molecule has 0 aromatic heterocycles. The third-order valence-corrected chi connectivity index (χ3v) is 5.64. The van der Waals surface area contributed by atoms with Gasteiger partial charge in [0.2, 0.25) is 5.91 Å². The van der Waals surface area contributed by atoms with Crippen molar-refractivity contribution in [1.29, 1.82) is 0 Å². The first kappa shape index (κ1) is 24.0. The van der Waals surface area contributed by atoms with Crippen molar-refractivity contribution < 1.29 is 29.7 Å². The van der Waals surface area contributed by atoms with Crippen LogP contribution in [0.4, 0.5) is 0 Å². The summed E-state index contributed by atoms with van der Waals surface area (Å²) in [5, 5.41) is 28.2. The first-order valence-electron chi connectivity index (χ1n) is 9.98. The van der Waals surface area contributed by atoms with Crippen LogP contribution in [0.15, 0.2) is 60.7 Å². The molecule has 8 heteroatoms. The van der Waals surface area contributed by atoms with Gasteiger partial charge in [0.25, 0.3) is 0 Å². The molecule has 2 aromatic rings. The van der Waals surface area contributed by atoms with Gasteiger partial charge in [0.1, 0.15) is 5.41 Å². The molecule has 3 unspecified atom stereocenters. The fraction of sp³-hybridized carbons (Fsp3) is 0.348. The zero-order valence-electron chi connectivity index (χ0n) is 17.3. The minimum atomic E-state index is -1.82. The van der Waals surface area contributed by atoms with Gasteiger partial charge in [-0.2, -0.15) is 0 Å². The van der Waals surface area contributed by atoms with Crippen LogP contribution in [0, 0.1) is 11.8 Å². The second-order valence-corrected chi connectivity index (χ2v) is 7.50. The maximum absolute atomic E-state index is 12.6. The number of primary amides is 1. The van der Waals surface area contributed by atoms with E-state index in [4.69, 9.17) is 21.1 Å². The van der Waals surface area contributed by atoms with Crippen molar-refractivity contribution in [3.63, 3.8) is 0 Å². The summed E-state index contributed by atoms with van der Waals surface area (Å²) in [6.45, 7) is 2.87. The molecule has 3 atom stereocenters. The number of carbonyl (C=O) groups is 3. The number of benzene rings is 2. The SMILES string of the molecule is CC(C(=O)O)C(O)C(=O)O.NC(=O)C(c1ccccc1)(c1ccccc1)C1CCNC1. The van der Waals surface area contributed by atoms with Crippen molar-refractivity contribution in [2.75, 3.05) is 13.1 Å². The fourth-order valence-corrected chi connectivity index (χ4v) is 3.90. The van der Waals surface area contributed by atoms with Gasteiger partial charge < -0.3 is 26.4 Å². The molecule has 8 nitrogen and oxygen atoms in total. The minimum absolute atomic E-state index is 0.180. The summed E-state index contributed by atoms with van der Waals surface area (Å²) in [5.74, 6) is -4.20. The standard InChI is InChI=1S/C18H20N2O.C5H8O5/c19-17(21)18(16-11-12-20-13-16,14-7-3-1-4-8-14)15-9-5-2-6-10-15;1-2(4(7)8)3(6)5(9)10/h1-10,16,20H,11-13H2,(H2,19,21);2-3,6H,1H3,(H,7,8)(H,9,10). The first-order valence-corrected chi connectivity index (χ1v) is 9.98. The summed E-state index contributed by atoms with van der Waals surface area (Å²) >= 11 is 0. The maximum Gasteiger partial charge on any atom is 0.333 e. The van der Waals surface area contributed by atoms with Crippen LogP contribution >= 0.6 is 0 Å². The highest BCUT2D eigenvalue weighted by Crippen LogP contribution is 2.41. The van der Waals surface area contributed by atoms with Crippen LogP contribution in [0.2, 0.25) is 0 Å². The highest BCUT2D eigenvalue weighted by atomic mass is 16.4. The Balaban J connectivity index is 0.000000291. The Morgan fingerprint density at radius 2 is 1.45 bits per heavy atom. The molecule has 3 rings (SSSR count). The summed E-state index contributed by atoms with van der Waals surface area (Å²) in [6, 6.07) is 19.9. The third-order valence-electron chi connectivity index (χ3n) is 5.64. The summed E-state index contributed by atoms with van der Waals surface area (Å²) < 4.78 is 0. The average molecular weight is 428 g/mol. The number of nitrogens with one attached hydrogen (secondary N) is 1. The fourth-order valence-electron chi connectivity index (χ4n) is 3.90. The molecule has 31 heavy (non-hydrogen) atoms. The van der Waals surface area contributed by atoms with Crippen molar-refractivity contribution in [2.45, 2.75) is 24.9 Å². The van der Waals surface area contributed by atoms with Gasteiger partial charge in [-0.1, -0.05) is 60.7 Å². The Morgan fingerprint density at radius 1 is 0.968 bits per heavy atom. The molecule has 1 heterocycles. The van der Waals surface area contributed by atoms with Crippen LogP contribution in [0.3, 0.4) is 0 Å². The van der Waals surface area contributed by atoms with Crippen LogP contribution in [0.25, 0.3) is 0 Å². The Morgan fingerprint density at radius 3 is 1.74 bits per heavy atom. The molecular weight excluding hydrogens is 400 g/mol. The van der Waals surface area contributed by atoms with Crippen LogP contribution < -0.4 is 11.1 Å². The Hall–Kier alpha value is -3.23. The van der Waals surface area contributed by atoms with Gasteiger partial charge in [-0.15, -0.1) is 0 Å². The van der Waals surface area contributed by atoms with Gasteiger partial charge in [0, 0.05) is 0 Å². The number of aliphatic hydroxyl groups excluding tert-OH is 1. The lowest BCUT2D eigenvalue weighted by atomic mass is 9.65. The van der Waals surface area contributed by atoms with E-state index >= 15 is 0 Å². The van der Waals surface area contributed by atoms with Crippen molar-refractivity contribution in [1.82, 2.24) is 5.32 Å². The molecule has 0 aliphatic carbocycles. The highest BCUT2D eigenvalue weighted by molar-refractivity contribution is 5.91. The van der Waals surface area contributed by atoms with E-state index in [2.05, 4.69) is 5.32 Å². The first-order chi connectivity index (χ1) is 14.7. The number of aliphatic carboxylic acids is 2. The van der Waals surface area contributed by atoms with Crippen LogP contribution in [0.1, 0.15) is 24.5 Å². The number of carboxylic acid groups (broad SMARTS) is 2. The van der Waals surface area contributed by atoms with E-state index in [1.54, 1.807) is 0 Å². The second kappa shape index (κ2) is 10.7. The van der Waals surface area contributed by atoms with Gasteiger partial charge in [0.15, 0.2) is 6.10 Å². The molecule has 0 saturated carbocycles. The second-order valence-electron chi connectivity index (χ2n) is 7.50. The Bertz CT molecular complexity index is 824. The third kappa shape index (κ3) is 5.28. The lowest BCUT2D eigenvalue weighted by Gasteiger charge is -2.37. The van der Waals surface area contributed by atoms with Gasteiger partial charge >= 0.3 is 11.9 Å². The summed E-state index contributed by atoms with van der Waals surface area (Å²) in [4.78, 5) is 32.6. The van der Waals surface area contributed by atoms with Crippen LogP contribution in [-0.2, 0) is 19.8 Å². The summed E-state index contributed by atoms with van der Waals surface area (Å²) in [6.07, 6.45) is -0.871. The molecule has 1 saturated heterocycles. The molecule has 1 aliphatic rings. The Labute approximate surface area is 180 Å². The molecular formula is C23H28N2O6. The van der Waals surface area contributed by atoms with E-state index in [1.165, 1.54) is 0 Å². The topological polar surface area (TPSA) is 150 Å². The normalized spacial score (nSPS) is 17.7. The number of hydrogen-bond donors (Lipinski definition) is 5. The van der Waals surface area contributed by atoms with E-state index in [0.717, 1.165) is 37.6 Å².